The molecule has 0 saturated carbocycles. The Balaban J connectivity index is 2.64. The average Bonchev–Trinajstić information content (AvgIpc) is 2.39. The van der Waals surface area contributed by atoms with E-state index in [1.54, 1.807) is 7.11 Å². The Labute approximate surface area is 115 Å². The molecule has 4 heteroatoms. The zero-order chi connectivity index (χ0) is 14.3. The number of hydrogen-bond acceptors (Lipinski definition) is 4. The standard InChI is InChI=1S/C15H22N2O2/c1-11(2)19-14-6-5-13(7-15(14)18-4)10-17-9-12(3)8-16/h5-7,11-12,17H,9-10H2,1-4H3. The first kappa shape index (κ1) is 15.3. The van der Waals surface area contributed by atoms with Gasteiger partial charge >= 0.3 is 0 Å². The third kappa shape index (κ3) is 5.19. The van der Waals surface area contributed by atoms with Crippen molar-refractivity contribution in [1.82, 2.24) is 5.32 Å². The second kappa shape index (κ2) is 7.65. The summed E-state index contributed by atoms with van der Waals surface area (Å²) >= 11 is 0. The van der Waals surface area contributed by atoms with Gasteiger partial charge < -0.3 is 14.8 Å². The number of ether oxygens (including phenoxy) is 2. The van der Waals surface area contributed by atoms with Gasteiger partial charge in [-0.3, -0.25) is 0 Å². The first-order chi connectivity index (χ1) is 9.06. The van der Waals surface area contributed by atoms with Crippen LogP contribution in [-0.2, 0) is 6.54 Å². The summed E-state index contributed by atoms with van der Waals surface area (Å²) in [5, 5.41) is 12.0. The lowest BCUT2D eigenvalue weighted by molar-refractivity contribution is 0.230. The Kier molecular flexibility index (Phi) is 6.17. The molecule has 0 radical (unpaired) electrons. The van der Waals surface area contributed by atoms with Gasteiger partial charge in [-0.2, -0.15) is 5.26 Å². The van der Waals surface area contributed by atoms with Gasteiger partial charge in [0.25, 0.3) is 0 Å². The van der Waals surface area contributed by atoms with E-state index in [9.17, 15) is 0 Å². The zero-order valence-electron chi connectivity index (χ0n) is 12.1. The summed E-state index contributed by atoms with van der Waals surface area (Å²) in [4.78, 5) is 0. The molecular formula is C15H22N2O2. The van der Waals surface area contributed by atoms with Crippen LogP contribution in [0.5, 0.6) is 11.5 Å². The largest absolute Gasteiger partial charge is 0.493 e. The van der Waals surface area contributed by atoms with Crippen molar-refractivity contribution in [2.45, 2.75) is 33.4 Å². The molecule has 1 N–H and O–H groups in total. The third-order valence-electron chi connectivity index (χ3n) is 2.59. The summed E-state index contributed by atoms with van der Waals surface area (Å²) in [7, 11) is 1.64. The molecule has 104 valence electrons. The van der Waals surface area contributed by atoms with Crippen LogP contribution >= 0.6 is 0 Å². The molecular weight excluding hydrogens is 240 g/mol. The summed E-state index contributed by atoms with van der Waals surface area (Å²) in [5.41, 5.74) is 1.11. The average molecular weight is 262 g/mol. The SMILES string of the molecule is COc1cc(CNCC(C)C#N)ccc1OC(C)C. The van der Waals surface area contributed by atoms with Crippen LogP contribution in [0.1, 0.15) is 26.3 Å². The minimum atomic E-state index is 0.0189. The molecule has 4 nitrogen and oxygen atoms in total. The van der Waals surface area contributed by atoms with Gasteiger partial charge in [0.1, 0.15) is 0 Å². The quantitative estimate of drug-likeness (QED) is 0.821. The Hall–Kier alpha value is -1.73. The minimum absolute atomic E-state index is 0.0189. The molecule has 1 atom stereocenters. The highest BCUT2D eigenvalue weighted by Gasteiger charge is 2.07. The topological polar surface area (TPSA) is 54.3 Å². The number of nitriles is 1. The van der Waals surface area contributed by atoms with Gasteiger partial charge in [-0.1, -0.05) is 6.07 Å². The summed E-state index contributed by atoms with van der Waals surface area (Å²) in [6.45, 7) is 7.26. The van der Waals surface area contributed by atoms with Gasteiger partial charge in [-0.25, -0.2) is 0 Å². The van der Waals surface area contributed by atoms with E-state index in [0.717, 1.165) is 17.1 Å². The second-order valence-electron chi connectivity index (χ2n) is 4.81. The van der Waals surface area contributed by atoms with E-state index in [4.69, 9.17) is 14.7 Å². The monoisotopic (exact) mass is 262 g/mol. The first-order valence-electron chi connectivity index (χ1n) is 6.50. The molecule has 0 aliphatic rings. The highest BCUT2D eigenvalue weighted by molar-refractivity contribution is 5.43. The fourth-order valence-electron chi connectivity index (χ4n) is 1.65. The molecule has 1 rings (SSSR count). The van der Waals surface area contributed by atoms with E-state index in [1.807, 2.05) is 39.0 Å². The summed E-state index contributed by atoms with van der Waals surface area (Å²) < 4.78 is 11.0. The van der Waals surface area contributed by atoms with Gasteiger partial charge in [0, 0.05) is 13.1 Å². The normalized spacial score (nSPS) is 12.0. The van der Waals surface area contributed by atoms with Crippen LogP contribution in [0, 0.1) is 17.2 Å². The smallest absolute Gasteiger partial charge is 0.161 e. The van der Waals surface area contributed by atoms with Gasteiger partial charge in [-0.15, -0.1) is 0 Å². The van der Waals surface area contributed by atoms with E-state index in [-0.39, 0.29) is 12.0 Å². The van der Waals surface area contributed by atoms with E-state index in [1.165, 1.54) is 0 Å². The van der Waals surface area contributed by atoms with Crippen LogP contribution in [0.25, 0.3) is 0 Å². The van der Waals surface area contributed by atoms with Gasteiger partial charge in [0.15, 0.2) is 11.5 Å². The lowest BCUT2D eigenvalue weighted by atomic mass is 10.1. The Morgan fingerprint density at radius 1 is 1.26 bits per heavy atom. The minimum Gasteiger partial charge on any atom is -0.493 e. The summed E-state index contributed by atoms with van der Waals surface area (Å²) in [5.74, 6) is 1.51. The van der Waals surface area contributed by atoms with Crippen LogP contribution in [0.2, 0.25) is 0 Å². The maximum atomic E-state index is 8.71. The van der Waals surface area contributed by atoms with Gasteiger partial charge in [0.2, 0.25) is 0 Å². The van der Waals surface area contributed by atoms with Crippen molar-refractivity contribution in [3.63, 3.8) is 0 Å². The van der Waals surface area contributed by atoms with Crippen molar-refractivity contribution in [1.29, 1.82) is 5.26 Å². The Morgan fingerprint density at radius 3 is 2.58 bits per heavy atom. The van der Waals surface area contributed by atoms with Crippen LogP contribution in [0.15, 0.2) is 18.2 Å². The molecule has 1 aromatic carbocycles. The Bertz CT molecular complexity index is 438. The molecule has 0 bridgehead atoms. The van der Waals surface area contributed by atoms with E-state index in [0.29, 0.717) is 13.1 Å². The van der Waals surface area contributed by atoms with Crippen LogP contribution in [-0.4, -0.2) is 19.8 Å². The van der Waals surface area contributed by atoms with E-state index >= 15 is 0 Å². The maximum absolute atomic E-state index is 8.71. The van der Waals surface area contributed by atoms with Gasteiger partial charge in [0.05, 0.1) is 25.2 Å². The molecule has 0 fully saturated rings. The number of rotatable bonds is 7. The molecule has 0 aromatic heterocycles. The Morgan fingerprint density at radius 2 is 2.00 bits per heavy atom. The predicted octanol–water partition coefficient (Wildman–Crippen LogP) is 2.73. The van der Waals surface area contributed by atoms with Crippen molar-refractivity contribution in [3.05, 3.63) is 23.8 Å². The number of nitrogens with zero attached hydrogens (tertiary/aromatic N) is 1. The fraction of sp³-hybridized carbons (Fsp3) is 0.533. The highest BCUT2D eigenvalue weighted by atomic mass is 16.5. The van der Waals surface area contributed by atoms with Crippen molar-refractivity contribution < 1.29 is 9.47 Å². The van der Waals surface area contributed by atoms with Crippen molar-refractivity contribution in [2.24, 2.45) is 5.92 Å². The molecule has 0 saturated heterocycles. The van der Waals surface area contributed by atoms with E-state index in [2.05, 4.69) is 11.4 Å². The molecule has 0 heterocycles. The molecule has 19 heavy (non-hydrogen) atoms. The summed E-state index contributed by atoms with van der Waals surface area (Å²) in [6, 6.07) is 8.08. The number of hydrogen-bond donors (Lipinski definition) is 1. The first-order valence-corrected chi connectivity index (χ1v) is 6.50. The number of nitrogens with one attached hydrogen (secondary N) is 1. The second-order valence-corrected chi connectivity index (χ2v) is 4.81. The van der Waals surface area contributed by atoms with Crippen molar-refractivity contribution in [3.8, 4) is 17.6 Å². The summed E-state index contributed by atoms with van der Waals surface area (Å²) in [6.07, 6.45) is 0.120. The van der Waals surface area contributed by atoms with Crippen molar-refractivity contribution >= 4 is 0 Å². The fourth-order valence-corrected chi connectivity index (χ4v) is 1.65. The maximum Gasteiger partial charge on any atom is 0.161 e. The predicted molar refractivity (Wildman–Crippen MR) is 75.2 cm³/mol. The van der Waals surface area contributed by atoms with E-state index < -0.39 is 0 Å². The van der Waals surface area contributed by atoms with Crippen LogP contribution in [0.4, 0.5) is 0 Å². The van der Waals surface area contributed by atoms with Crippen molar-refractivity contribution in [2.75, 3.05) is 13.7 Å². The lowest BCUT2D eigenvalue weighted by Gasteiger charge is -2.15. The lowest BCUT2D eigenvalue weighted by Crippen LogP contribution is -2.19. The number of methoxy groups -OCH3 is 1. The van der Waals surface area contributed by atoms with Gasteiger partial charge in [-0.05, 0) is 38.5 Å². The van der Waals surface area contributed by atoms with Crippen LogP contribution in [0.3, 0.4) is 0 Å². The molecule has 0 spiro atoms. The molecule has 0 aliphatic heterocycles. The number of benzene rings is 1. The zero-order valence-corrected chi connectivity index (χ0v) is 12.1. The third-order valence-corrected chi connectivity index (χ3v) is 2.59. The van der Waals surface area contributed by atoms with Crippen LogP contribution < -0.4 is 14.8 Å². The highest BCUT2D eigenvalue weighted by Crippen LogP contribution is 2.28. The molecule has 1 aromatic rings. The molecule has 1 unspecified atom stereocenters. The molecule has 0 aliphatic carbocycles. The molecule has 0 amide bonds.